The predicted octanol–water partition coefficient (Wildman–Crippen LogP) is 2.68. The van der Waals surface area contributed by atoms with Crippen molar-refractivity contribution in [1.82, 2.24) is 0 Å². The summed E-state index contributed by atoms with van der Waals surface area (Å²) in [5.41, 5.74) is -2.86. The molecule has 0 N–H and O–H groups in total. The number of benzene rings is 1. The molecule has 1 rings (SSSR count). The van der Waals surface area contributed by atoms with E-state index in [1.54, 1.807) is 0 Å². The van der Waals surface area contributed by atoms with E-state index in [1.807, 2.05) is 0 Å². The minimum Gasteiger partial charge on any atom is -0.289 e. The number of ketones is 1. The number of hydrogen-bond acceptors (Lipinski definition) is 1. The lowest BCUT2D eigenvalue weighted by atomic mass is 10.1. The van der Waals surface area contributed by atoms with E-state index in [2.05, 4.69) is 0 Å². The molecule has 0 unspecified atom stereocenters. The molecule has 0 aromatic heterocycles. The lowest BCUT2D eigenvalue weighted by molar-refractivity contribution is 0.0930. The predicted molar refractivity (Wildman–Crippen MR) is 41.4 cm³/mol. The molecule has 0 saturated heterocycles. The Kier molecular flexibility index (Phi) is 2.93. The average molecular weight is 209 g/mol. The summed E-state index contributed by atoms with van der Waals surface area (Å²) in [6.07, 6.45) is 0. The number of Topliss-reactive ketones (excluding diaryl/α,β-unsaturated/α-hetero) is 1. The highest BCUT2D eigenvalue weighted by atomic mass is 35.5. The average Bonchev–Trinajstić information content (AvgIpc) is 2.03. The highest BCUT2D eigenvalue weighted by molar-refractivity contribution is 6.32. The van der Waals surface area contributed by atoms with Crippen molar-refractivity contribution in [3.05, 3.63) is 35.4 Å². The first-order chi connectivity index (χ1) is 6.02. The van der Waals surface area contributed by atoms with Crippen LogP contribution in [0, 0.1) is 11.6 Å². The summed E-state index contributed by atoms with van der Waals surface area (Å²) >= 11 is 4.80. The first-order valence-corrected chi connectivity index (χ1v) is 3.73. The normalized spacial score (nSPS) is 12.6. The number of halogens is 4. The Morgan fingerprint density at radius 1 is 1.38 bits per heavy atom. The van der Waals surface area contributed by atoms with Gasteiger partial charge in [0.15, 0.2) is 0 Å². The van der Waals surface area contributed by atoms with Crippen molar-refractivity contribution in [2.24, 2.45) is 0 Å². The van der Waals surface area contributed by atoms with Crippen molar-refractivity contribution in [1.29, 1.82) is 0 Å². The maximum Gasteiger partial charge on any atom is 0.235 e. The van der Waals surface area contributed by atoms with Crippen molar-refractivity contribution in [2.75, 3.05) is 0 Å². The van der Waals surface area contributed by atoms with Crippen molar-refractivity contribution in [2.45, 2.75) is 5.63 Å². The lowest BCUT2D eigenvalue weighted by Crippen LogP contribution is -2.11. The Bertz CT molecular complexity index is 338. The van der Waals surface area contributed by atoms with E-state index in [9.17, 15) is 18.0 Å². The molecule has 5 heteroatoms. The highest BCUT2D eigenvalue weighted by Gasteiger charge is 2.19. The van der Waals surface area contributed by atoms with Crippen LogP contribution in [-0.2, 0) is 0 Å². The van der Waals surface area contributed by atoms with Gasteiger partial charge in [0.25, 0.3) is 0 Å². The van der Waals surface area contributed by atoms with Gasteiger partial charge in [0.2, 0.25) is 11.4 Å². The van der Waals surface area contributed by atoms with Crippen LogP contribution in [0.5, 0.6) is 0 Å². The molecule has 1 aromatic rings. The standard InChI is InChI=1S/C8H4ClF3O/c9-8(12)7(13)5-2-1-4(10)3-6(5)11/h1-3,8H/t8-/m1/s1. The molecule has 0 aliphatic carbocycles. The van der Waals surface area contributed by atoms with Gasteiger partial charge in [0.05, 0.1) is 5.56 Å². The Morgan fingerprint density at radius 3 is 2.46 bits per heavy atom. The van der Waals surface area contributed by atoms with Crippen molar-refractivity contribution >= 4 is 17.4 Å². The van der Waals surface area contributed by atoms with Crippen LogP contribution in [0.4, 0.5) is 13.2 Å². The van der Waals surface area contributed by atoms with Gasteiger partial charge in [0, 0.05) is 6.07 Å². The number of carbonyl (C=O) groups excluding carboxylic acids is 1. The second-order valence-corrected chi connectivity index (χ2v) is 2.67. The van der Waals surface area contributed by atoms with Gasteiger partial charge in [-0.05, 0) is 12.1 Å². The van der Waals surface area contributed by atoms with E-state index in [0.29, 0.717) is 6.07 Å². The highest BCUT2D eigenvalue weighted by Crippen LogP contribution is 2.14. The Balaban J connectivity index is 3.09. The second kappa shape index (κ2) is 3.79. The van der Waals surface area contributed by atoms with E-state index in [0.717, 1.165) is 12.1 Å². The molecule has 0 aliphatic rings. The minimum absolute atomic E-state index is 0.493. The topological polar surface area (TPSA) is 17.1 Å². The molecule has 1 atom stereocenters. The number of hydrogen-bond donors (Lipinski definition) is 0. The van der Waals surface area contributed by atoms with Gasteiger partial charge in [-0.25, -0.2) is 13.2 Å². The minimum atomic E-state index is -2.31. The third-order valence-electron chi connectivity index (χ3n) is 1.39. The van der Waals surface area contributed by atoms with Crippen LogP contribution in [0.25, 0.3) is 0 Å². The molecule has 0 radical (unpaired) electrons. The number of carbonyl (C=O) groups is 1. The monoisotopic (exact) mass is 208 g/mol. The molecule has 0 heterocycles. The zero-order valence-corrected chi connectivity index (χ0v) is 6.99. The zero-order valence-electron chi connectivity index (χ0n) is 6.23. The second-order valence-electron chi connectivity index (χ2n) is 2.29. The lowest BCUT2D eigenvalue weighted by Gasteiger charge is -2.01. The quantitative estimate of drug-likeness (QED) is 0.540. The molecular formula is C8H4ClF3O. The van der Waals surface area contributed by atoms with Gasteiger partial charge in [-0.3, -0.25) is 4.79 Å². The summed E-state index contributed by atoms with van der Waals surface area (Å²) in [5, 5.41) is 0. The summed E-state index contributed by atoms with van der Waals surface area (Å²) in [7, 11) is 0. The van der Waals surface area contributed by atoms with Crippen LogP contribution in [0.15, 0.2) is 18.2 Å². The van der Waals surface area contributed by atoms with E-state index >= 15 is 0 Å². The first kappa shape index (κ1) is 10.1. The van der Waals surface area contributed by atoms with E-state index < -0.39 is 28.6 Å². The maximum absolute atomic E-state index is 12.8. The van der Waals surface area contributed by atoms with Crippen LogP contribution in [0.1, 0.15) is 10.4 Å². The van der Waals surface area contributed by atoms with Crippen LogP contribution >= 0.6 is 11.6 Å². The van der Waals surface area contributed by atoms with Crippen molar-refractivity contribution in [3.63, 3.8) is 0 Å². The summed E-state index contributed by atoms with van der Waals surface area (Å²) in [6, 6.07) is 2.20. The van der Waals surface area contributed by atoms with E-state index in [-0.39, 0.29) is 0 Å². The zero-order chi connectivity index (χ0) is 10.0. The molecule has 13 heavy (non-hydrogen) atoms. The molecule has 0 spiro atoms. The molecule has 0 saturated carbocycles. The molecule has 0 aliphatic heterocycles. The third kappa shape index (κ3) is 2.21. The van der Waals surface area contributed by atoms with E-state index in [4.69, 9.17) is 11.6 Å². The molecule has 0 bridgehead atoms. The molecular weight excluding hydrogens is 205 g/mol. The molecule has 0 fully saturated rings. The molecule has 70 valence electrons. The third-order valence-corrected chi connectivity index (χ3v) is 1.59. The summed E-state index contributed by atoms with van der Waals surface area (Å²) in [4.78, 5) is 10.8. The van der Waals surface area contributed by atoms with Crippen molar-refractivity contribution in [3.8, 4) is 0 Å². The fourth-order valence-electron chi connectivity index (χ4n) is 0.807. The molecule has 1 aromatic carbocycles. The van der Waals surface area contributed by atoms with Gasteiger partial charge < -0.3 is 0 Å². The van der Waals surface area contributed by atoms with Gasteiger partial charge in [-0.2, -0.15) is 0 Å². The summed E-state index contributed by atoms with van der Waals surface area (Å²) in [6.45, 7) is 0. The number of alkyl halides is 2. The van der Waals surface area contributed by atoms with Crippen LogP contribution in [-0.4, -0.2) is 11.4 Å². The molecule has 1 nitrogen and oxygen atoms in total. The smallest absolute Gasteiger partial charge is 0.235 e. The van der Waals surface area contributed by atoms with Gasteiger partial charge in [0.1, 0.15) is 11.6 Å². The van der Waals surface area contributed by atoms with E-state index in [1.165, 1.54) is 0 Å². The van der Waals surface area contributed by atoms with Gasteiger partial charge >= 0.3 is 0 Å². The maximum atomic E-state index is 12.8. The fourth-order valence-corrected chi connectivity index (χ4v) is 0.924. The number of rotatable bonds is 2. The van der Waals surface area contributed by atoms with Gasteiger partial charge in [-0.1, -0.05) is 11.6 Å². The Labute approximate surface area is 77.1 Å². The van der Waals surface area contributed by atoms with Crippen LogP contribution in [0.2, 0.25) is 0 Å². The SMILES string of the molecule is O=C(c1ccc(F)cc1F)[C@@H](F)Cl. The first-order valence-electron chi connectivity index (χ1n) is 3.30. The fraction of sp³-hybridized carbons (Fsp3) is 0.125. The summed E-state index contributed by atoms with van der Waals surface area (Å²) in [5.74, 6) is -3.16. The Morgan fingerprint density at radius 2 is 2.00 bits per heavy atom. The van der Waals surface area contributed by atoms with Crippen LogP contribution in [0.3, 0.4) is 0 Å². The summed E-state index contributed by atoms with van der Waals surface area (Å²) < 4.78 is 37.3. The van der Waals surface area contributed by atoms with Crippen molar-refractivity contribution < 1.29 is 18.0 Å². The Hall–Kier alpha value is -1.03. The molecule has 0 amide bonds. The largest absolute Gasteiger partial charge is 0.289 e. The van der Waals surface area contributed by atoms with Gasteiger partial charge in [-0.15, -0.1) is 0 Å². The van der Waals surface area contributed by atoms with Crippen LogP contribution < -0.4 is 0 Å².